The molecular weight excluding hydrogens is 356 g/mol. The molecule has 2 fully saturated rings. The van der Waals surface area contributed by atoms with Crippen LogP contribution >= 0.6 is 0 Å². The SMILES string of the molecule is CCOC(=O)N1CCC(Nc2cc(C(=O)N3CCCCC3CC)ccn2)CC1. The first-order valence-electron chi connectivity index (χ1n) is 10.6. The molecular formula is C21H32N4O3. The molecule has 1 unspecified atom stereocenters. The number of amides is 2. The molecule has 0 saturated carbocycles. The van der Waals surface area contributed by atoms with E-state index in [9.17, 15) is 9.59 Å². The number of piperidine rings is 2. The van der Waals surface area contributed by atoms with Gasteiger partial charge in [0.2, 0.25) is 0 Å². The van der Waals surface area contributed by atoms with Crippen molar-refractivity contribution in [2.45, 2.75) is 64.5 Å². The third-order valence-corrected chi connectivity index (χ3v) is 5.74. The predicted molar refractivity (Wildman–Crippen MR) is 108 cm³/mol. The summed E-state index contributed by atoms with van der Waals surface area (Å²) in [5.74, 6) is 0.833. The third kappa shape index (κ3) is 4.94. The highest BCUT2D eigenvalue weighted by molar-refractivity contribution is 5.95. The lowest BCUT2D eigenvalue weighted by Crippen LogP contribution is -2.43. The fraction of sp³-hybridized carbons (Fsp3) is 0.667. The Labute approximate surface area is 167 Å². The average molecular weight is 389 g/mol. The molecule has 7 nitrogen and oxygen atoms in total. The van der Waals surface area contributed by atoms with Crippen molar-refractivity contribution in [2.24, 2.45) is 0 Å². The molecule has 3 heterocycles. The van der Waals surface area contributed by atoms with Crippen LogP contribution < -0.4 is 5.32 Å². The molecule has 2 aliphatic heterocycles. The van der Waals surface area contributed by atoms with Gasteiger partial charge >= 0.3 is 6.09 Å². The van der Waals surface area contributed by atoms with Crippen LogP contribution in [0.3, 0.4) is 0 Å². The Morgan fingerprint density at radius 1 is 1.18 bits per heavy atom. The van der Waals surface area contributed by atoms with Crippen LogP contribution in [0.4, 0.5) is 10.6 Å². The molecule has 0 spiro atoms. The first kappa shape index (κ1) is 20.4. The molecule has 2 amide bonds. The van der Waals surface area contributed by atoms with E-state index in [4.69, 9.17) is 4.74 Å². The van der Waals surface area contributed by atoms with E-state index in [0.29, 0.717) is 31.3 Å². The Morgan fingerprint density at radius 3 is 2.68 bits per heavy atom. The fourth-order valence-electron chi connectivity index (χ4n) is 4.13. The summed E-state index contributed by atoms with van der Waals surface area (Å²) in [6, 6.07) is 4.25. The first-order valence-corrected chi connectivity index (χ1v) is 10.6. The summed E-state index contributed by atoms with van der Waals surface area (Å²) in [4.78, 5) is 33.0. The third-order valence-electron chi connectivity index (χ3n) is 5.74. The standard InChI is InChI=1S/C21H32N4O3/c1-3-18-7-5-6-12-25(18)20(26)16-8-11-22-19(15-16)23-17-9-13-24(14-10-17)21(27)28-4-2/h8,11,15,17-18H,3-7,9-10,12-14H2,1-2H3,(H,22,23). The van der Waals surface area contributed by atoms with E-state index >= 15 is 0 Å². The molecule has 3 rings (SSSR count). The van der Waals surface area contributed by atoms with Gasteiger partial charge in [-0.15, -0.1) is 0 Å². The molecule has 1 atom stereocenters. The summed E-state index contributed by atoms with van der Waals surface area (Å²) in [6.45, 7) is 6.55. The van der Waals surface area contributed by atoms with Crippen molar-refractivity contribution in [3.63, 3.8) is 0 Å². The Morgan fingerprint density at radius 2 is 1.96 bits per heavy atom. The molecule has 0 radical (unpaired) electrons. The molecule has 154 valence electrons. The number of anilines is 1. The van der Waals surface area contributed by atoms with Crippen LogP contribution in [0.2, 0.25) is 0 Å². The lowest BCUT2D eigenvalue weighted by atomic mass is 9.99. The predicted octanol–water partition coefficient (Wildman–Crippen LogP) is 3.52. The van der Waals surface area contributed by atoms with Crippen LogP contribution in [0.25, 0.3) is 0 Å². The largest absolute Gasteiger partial charge is 0.450 e. The van der Waals surface area contributed by atoms with Gasteiger partial charge in [-0.2, -0.15) is 0 Å². The van der Waals surface area contributed by atoms with Gasteiger partial charge in [-0.05, 0) is 57.6 Å². The van der Waals surface area contributed by atoms with Crippen LogP contribution in [-0.4, -0.2) is 65.1 Å². The molecule has 1 aromatic rings. The maximum absolute atomic E-state index is 13.0. The number of nitrogens with one attached hydrogen (secondary N) is 1. The normalized spacial score (nSPS) is 20.7. The van der Waals surface area contributed by atoms with Gasteiger partial charge in [0.15, 0.2) is 0 Å². The van der Waals surface area contributed by atoms with E-state index < -0.39 is 0 Å². The van der Waals surface area contributed by atoms with Crippen LogP contribution in [0.15, 0.2) is 18.3 Å². The Bertz CT molecular complexity index is 673. The zero-order valence-electron chi connectivity index (χ0n) is 17.0. The van der Waals surface area contributed by atoms with Gasteiger partial charge in [0.25, 0.3) is 5.91 Å². The molecule has 0 aliphatic carbocycles. The van der Waals surface area contributed by atoms with E-state index in [1.807, 2.05) is 17.9 Å². The Kier molecular flexibility index (Phi) is 7.12. The summed E-state index contributed by atoms with van der Waals surface area (Å²) < 4.78 is 5.06. The highest BCUT2D eigenvalue weighted by Crippen LogP contribution is 2.23. The van der Waals surface area contributed by atoms with Crippen molar-refractivity contribution >= 4 is 17.8 Å². The van der Waals surface area contributed by atoms with Crippen LogP contribution in [-0.2, 0) is 4.74 Å². The maximum atomic E-state index is 13.0. The maximum Gasteiger partial charge on any atom is 0.409 e. The number of likely N-dealkylation sites (tertiary alicyclic amines) is 2. The number of nitrogens with zero attached hydrogens (tertiary/aromatic N) is 3. The number of pyridine rings is 1. The lowest BCUT2D eigenvalue weighted by Gasteiger charge is -2.35. The molecule has 28 heavy (non-hydrogen) atoms. The minimum Gasteiger partial charge on any atom is -0.450 e. The van der Waals surface area contributed by atoms with Gasteiger partial charge in [-0.3, -0.25) is 4.79 Å². The second-order valence-corrected chi connectivity index (χ2v) is 7.59. The number of hydrogen-bond donors (Lipinski definition) is 1. The lowest BCUT2D eigenvalue weighted by molar-refractivity contribution is 0.0607. The van der Waals surface area contributed by atoms with Crippen molar-refractivity contribution in [3.8, 4) is 0 Å². The van der Waals surface area contributed by atoms with Crippen molar-refractivity contribution < 1.29 is 14.3 Å². The highest BCUT2D eigenvalue weighted by Gasteiger charge is 2.27. The number of hydrogen-bond acceptors (Lipinski definition) is 5. The molecule has 7 heteroatoms. The first-order chi connectivity index (χ1) is 13.6. The van der Waals surface area contributed by atoms with Crippen molar-refractivity contribution in [1.82, 2.24) is 14.8 Å². The number of aromatic nitrogens is 1. The second-order valence-electron chi connectivity index (χ2n) is 7.59. The monoisotopic (exact) mass is 388 g/mol. The number of carbonyl (C=O) groups excluding carboxylic acids is 2. The van der Waals surface area contributed by atoms with Crippen LogP contribution in [0, 0.1) is 0 Å². The van der Waals surface area contributed by atoms with Gasteiger partial charge in [-0.25, -0.2) is 9.78 Å². The molecule has 2 saturated heterocycles. The smallest absolute Gasteiger partial charge is 0.409 e. The van der Waals surface area contributed by atoms with Gasteiger partial charge in [-0.1, -0.05) is 6.92 Å². The summed E-state index contributed by atoms with van der Waals surface area (Å²) in [5, 5.41) is 3.44. The summed E-state index contributed by atoms with van der Waals surface area (Å²) >= 11 is 0. The quantitative estimate of drug-likeness (QED) is 0.835. The Balaban J connectivity index is 1.58. The zero-order chi connectivity index (χ0) is 19.9. The summed E-state index contributed by atoms with van der Waals surface area (Å²) in [7, 11) is 0. The number of ether oxygens (including phenoxy) is 1. The highest BCUT2D eigenvalue weighted by atomic mass is 16.6. The average Bonchev–Trinajstić information content (AvgIpc) is 2.74. The van der Waals surface area contributed by atoms with Crippen molar-refractivity contribution in [3.05, 3.63) is 23.9 Å². The minimum atomic E-state index is -0.237. The topological polar surface area (TPSA) is 74.8 Å². The van der Waals surface area contributed by atoms with Gasteiger partial charge in [0, 0.05) is 43.5 Å². The van der Waals surface area contributed by atoms with Gasteiger partial charge in [0.05, 0.1) is 6.61 Å². The summed E-state index contributed by atoms with van der Waals surface area (Å²) in [5.41, 5.74) is 0.696. The molecule has 0 aromatic carbocycles. The number of rotatable bonds is 5. The number of carbonyl (C=O) groups is 2. The molecule has 0 bridgehead atoms. The van der Waals surface area contributed by atoms with E-state index in [0.717, 1.165) is 44.5 Å². The molecule has 2 aliphatic rings. The van der Waals surface area contributed by atoms with Crippen molar-refractivity contribution in [1.29, 1.82) is 0 Å². The summed E-state index contributed by atoms with van der Waals surface area (Å²) in [6.07, 6.45) is 7.52. The second kappa shape index (κ2) is 9.75. The van der Waals surface area contributed by atoms with Crippen LogP contribution in [0.1, 0.15) is 62.7 Å². The van der Waals surface area contributed by atoms with Crippen molar-refractivity contribution in [2.75, 3.05) is 31.6 Å². The molecule has 1 N–H and O–H groups in total. The fourth-order valence-corrected chi connectivity index (χ4v) is 4.13. The molecule has 1 aromatic heterocycles. The van der Waals surface area contributed by atoms with Gasteiger partial charge < -0.3 is 19.9 Å². The van der Waals surface area contributed by atoms with Gasteiger partial charge in [0.1, 0.15) is 5.82 Å². The van der Waals surface area contributed by atoms with E-state index in [2.05, 4.69) is 17.2 Å². The Hall–Kier alpha value is -2.31. The van der Waals surface area contributed by atoms with Crippen LogP contribution in [0.5, 0.6) is 0 Å². The van der Waals surface area contributed by atoms with E-state index in [-0.39, 0.29) is 18.0 Å². The van der Waals surface area contributed by atoms with E-state index in [1.54, 1.807) is 17.2 Å². The van der Waals surface area contributed by atoms with E-state index in [1.165, 1.54) is 6.42 Å². The zero-order valence-corrected chi connectivity index (χ0v) is 17.0. The minimum absolute atomic E-state index is 0.106.